The van der Waals surface area contributed by atoms with Gasteiger partial charge in [0, 0.05) is 44.0 Å². The molecule has 2 heterocycles. The van der Waals surface area contributed by atoms with E-state index in [4.69, 9.17) is 4.74 Å². The lowest BCUT2D eigenvalue weighted by Gasteiger charge is -2.30. The number of amides is 3. The lowest BCUT2D eigenvalue weighted by atomic mass is 10.1. The Bertz CT molecular complexity index is 607. The number of nitrogens with zero attached hydrogens (tertiary/aromatic N) is 2. The second-order valence-electron chi connectivity index (χ2n) is 6.23. The van der Waals surface area contributed by atoms with Gasteiger partial charge < -0.3 is 20.3 Å². The first kappa shape index (κ1) is 16.7. The molecule has 3 rings (SSSR count). The first-order chi connectivity index (χ1) is 11.6. The van der Waals surface area contributed by atoms with Crippen LogP contribution < -0.4 is 15.5 Å². The summed E-state index contributed by atoms with van der Waals surface area (Å²) in [6.45, 7) is 4.43. The van der Waals surface area contributed by atoms with Crippen molar-refractivity contribution >= 4 is 17.6 Å². The molecule has 1 aromatic carbocycles. The number of ether oxygens (including phenoxy) is 1. The van der Waals surface area contributed by atoms with Gasteiger partial charge in [-0.05, 0) is 31.7 Å². The number of hydrogen-bond acceptors (Lipinski definition) is 4. The highest BCUT2D eigenvalue weighted by atomic mass is 16.5. The zero-order valence-electron chi connectivity index (χ0n) is 14.0. The summed E-state index contributed by atoms with van der Waals surface area (Å²) >= 11 is 0. The molecular formula is C17H24N4O3. The first-order valence-electron chi connectivity index (χ1n) is 8.37. The Hall–Kier alpha value is -2.12. The van der Waals surface area contributed by atoms with Gasteiger partial charge in [-0.15, -0.1) is 0 Å². The van der Waals surface area contributed by atoms with Crippen LogP contribution in [-0.2, 0) is 4.74 Å². The lowest BCUT2D eigenvalue weighted by molar-refractivity contribution is -0.0226. The van der Waals surface area contributed by atoms with E-state index in [0.29, 0.717) is 25.2 Å². The van der Waals surface area contributed by atoms with Crippen LogP contribution in [0, 0.1) is 0 Å². The van der Waals surface area contributed by atoms with Crippen molar-refractivity contribution < 1.29 is 14.3 Å². The summed E-state index contributed by atoms with van der Waals surface area (Å²) in [6.07, 6.45) is 0.966. The van der Waals surface area contributed by atoms with Gasteiger partial charge in [-0.1, -0.05) is 6.07 Å². The molecule has 0 aromatic heterocycles. The molecule has 0 radical (unpaired) electrons. The molecule has 0 aliphatic carbocycles. The van der Waals surface area contributed by atoms with Crippen molar-refractivity contribution in [3.05, 3.63) is 29.8 Å². The molecule has 2 fully saturated rings. The summed E-state index contributed by atoms with van der Waals surface area (Å²) in [5, 5.41) is 5.69. The van der Waals surface area contributed by atoms with Gasteiger partial charge in [0.2, 0.25) is 0 Å². The quantitative estimate of drug-likeness (QED) is 0.831. The molecule has 0 unspecified atom stereocenters. The molecule has 7 nitrogen and oxygen atoms in total. The Kier molecular flexibility index (Phi) is 5.32. The number of urea groups is 1. The van der Waals surface area contributed by atoms with Crippen molar-refractivity contribution in [2.75, 3.05) is 51.3 Å². The van der Waals surface area contributed by atoms with Crippen LogP contribution in [0.5, 0.6) is 0 Å². The number of nitrogens with one attached hydrogen (secondary N) is 2. The predicted octanol–water partition coefficient (Wildman–Crippen LogP) is 0.667. The van der Waals surface area contributed by atoms with Crippen LogP contribution >= 0.6 is 0 Å². The Morgan fingerprint density at radius 1 is 1.42 bits per heavy atom. The number of rotatable bonds is 5. The molecule has 2 saturated heterocycles. The summed E-state index contributed by atoms with van der Waals surface area (Å²) in [5.41, 5.74) is 1.31. The van der Waals surface area contributed by atoms with Crippen molar-refractivity contribution in [2.24, 2.45) is 0 Å². The smallest absolute Gasteiger partial charge is 0.321 e. The van der Waals surface area contributed by atoms with Gasteiger partial charge in [0.15, 0.2) is 0 Å². The first-order valence-corrected chi connectivity index (χ1v) is 8.37. The average Bonchev–Trinajstić information content (AvgIpc) is 3.01. The van der Waals surface area contributed by atoms with E-state index in [1.165, 1.54) is 0 Å². The van der Waals surface area contributed by atoms with Crippen molar-refractivity contribution in [3.8, 4) is 0 Å². The second-order valence-corrected chi connectivity index (χ2v) is 6.23. The highest BCUT2D eigenvalue weighted by molar-refractivity contribution is 5.98. The zero-order chi connectivity index (χ0) is 16.9. The number of likely N-dealkylation sites (N-methyl/N-ethyl adjacent to an activating group) is 1. The van der Waals surface area contributed by atoms with E-state index in [-0.39, 0.29) is 18.0 Å². The summed E-state index contributed by atoms with van der Waals surface area (Å²) in [5.74, 6) is -0.124. The van der Waals surface area contributed by atoms with Crippen LogP contribution in [0.25, 0.3) is 0 Å². The van der Waals surface area contributed by atoms with Crippen molar-refractivity contribution in [2.45, 2.75) is 12.5 Å². The van der Waals surface area contributed by atoms with Gasteiger partial charge in [0.25, 0.3) is 5.91 Å². The Balaban J connectivity index is 1.52. The molecule has 7 heteroatoms. The normalized spacial score (nSPS) is 21.6. The average molecular weight is 332 g/mol. The van der Waals surface area contributed by atoms with Crippen LogP contribution in [0.1, 0.15) is 16.8 Å². The molecule has 2 N–H and O–H groups in total. The fraction of sp³-hybridized carbons (Fsp3) is 0.529. The minimum absolute atomic E-state index is 0.119. The van der Waals surface area contributed by atoms with Gasteiger partial charge in [-0.3, -0.25) is 9.69 Å². The number of carbonyl (C=O) groups excluding carboxylic acids is 2. The van der Waals surface area contributed by atoms with Gasteiger partial charge in [-0.2, -0.15) is 0 Å². The van der Waals surface area contributed by atoms with E-state index < -0.39 is 0 Å². The maximum Gasteiger partial charge on any atom is 0.321 e. The third-order valence-electron chi connectivity index (χ3n) is 4.37. The number of carbonyl (C=O) groups is 2. The van der Waals surface area contributed by atoms with E-state index >= 15 is 0 Å². The molecule has 130 valence electrons. The Morgan fingerprint density at radius 2 is 2.29 bits per heavy atom. The Morgan fingerprint density at radius 3 is 3.04 bits per heavy atom. The SMILES string of the molecule is CN1CCO[C@H](CCNC(=O)c2cccc(N3CCNC3=O)c2)C1. The van der Waals surface area contributed by atoms with Crippen LogP contribution in [0.2, 0.25) is 0 Å². The van der Waals surface area contributed by atoms with Gasteiger partial charge >= 0.3 is 6.03 Å². The molecule has 2 aliphatic heterocycles. The molecule has 2 aliphatic rings. The minimum Gasteiger partial charge on any atom is -0.375 e. The monoisotopic (exact) mass is 332 g/mol. The number of anilines is 1. The highest BCUT2D eigenvalue weighted by Gasteiger charge is 2.22. The van der Waals surface area contributed by atoms with E-state index in [1.54, 1.807) is 23.1 Å². The molecule has 3 amide bonds. The number of hydrogen-bond donors (Lipinski definition) is 2. The van der Waals surface area contributed by atoms with Crippen molar-refractivity contribution in [3.63, 3.8) is 0 Å². The van der Waals surface area contributed by atoms with Gasteiger partial charge in [0.05, 0.1) is 12.7 Å². The molecule has 0 saturated carbocycles. The van der Waals surface area contributed by atoms with E-state index in [1.807, 2.05) is 6.07 Å². The topological polar surface area (TPSA) is 73.9 Å². The minimum atomic E-state index is -0.124. The van der Waals surface area contributed by atoms with Gasteiger partial charge in [-0.25, -0.2) is 4.79 Å². The van der Waals surface area contributed by atoms with Crippen LogP contribution in [0.15, 0.2) is 24.3 Å². The highest BCUT2D eigenvalue weighted by Crippen LogP contribution is 2.18. The molecule has 1 atom stereocenters. The summed E-state index contributed by atoms with van der Waals surface area (Å²) < 4.78 is 5.69. The number of morpholine rings is 1. The largest absolute Gasteiger partial charge is 0.375 e. The standard InChI is InChI=1S/C17H24N4O3/c1-20-9-10-24-15(12-20)5-6-18-16(22)13-3-2-4-14(11-13)21-8-7-19-17(21)23/h2-4,11,15H,5-10,12H2,1H3,(H,18,22)(H,19,23)/t15-/m1/s1. The molecule has 24 heavy (non-hydrogen) atoms. The van der Waals surface area contributed by atoms with Crippen LogP contribution in [0.3, 0.4) is 0 Å². The van der Waals surface area contributed by atoms with E-state index in [2.05, 4.69) is 22.6 Å². The fourth-order valence-electron chi connectivity index (χ4n) is 3.02. The maximum absolute atomic E-state index is 12.3. The third kappa shape index (κ3) is 4.04. The third-order valence-corrected chi connectivity index (χ3v) is 4.37. The second kappa shape index (κ2) is 7.63. The van der Waals surface area contributed by atoms with Gasteiger partial charge in [0.1, 0.15) is 0 Å². The maximum atomic E-state index is 12.3. The molecule has 0 spiro atoms. The van der Waals surface area contributed by atoms with Crippen LogP contribution in [-0.4, -0.2) is 69.3 Å². The molecule has 0 bridgehead atoms. The summed E-state index contributed by atoms with van der Waals surface area (Å²) in [4.78, 5) is 27.9. The zero-order valence-corrected chi connectivity index (χ0v) is 14.0. The summed E-state index contributed by atoms with van der Waals surface area (Å²) in [6, 6.07) is 7.04. The fourth-order valence-corrected chi connectivity index (χ4v) is 3.02. The number of benzene rings is 1. The van der Waals surface area contributed by atoms with Crippen LogP contribution in [0.4, 0.5) is 10.5 Å². The van der Waals surface area contributed by atoms with Crippen molar-refractivity contribution in [1.29, 1.82) is 0 Å². The summed E-state index contributed by atoms with van der Waals surface area (Å²) in [7, 11) is 2.08. The van der Waals surface area contributed by atoms with Crippen molar-refractivity contribution in [1.82, 2.24) is 15.5 Å². The predicted molar refractivity (Wildman–Crippen MR) is 91.4 cm³/mol. The Labute approximate surface area is 141 Å². The van der Waals surface area contributed by atoms with E-state index in [9.17, 15) is 9.59 Å². The molecule has 1 aromatic rings. The molecular weight excluding hydrogens is 308 g/mol. The van der Waals surface area contributed by atoms with E-state index in [0.717, 1.165) is 31.8 Å². The lowest BCUT2D eigenvalue weighted by Crippen LogP contribution is -2.41.